The molecule has 0 spiro atoms. The van der Waals surface area contributed by atoms with Gasteiger partial charge < -0.3 is 10.6 Å². The molecular weight excluding hydrogens is 195 g/mol. The van der Waals surface area contributed by atoms with Crippen LogP contribution < -0.4 is 10.6 Å². The Morgan fingerprint density at radius 2 is 1.93 bits per heavy atom. The Kier molecular flexibility index (Phi) is 2.85. The van der Waals surface area contributed by atoms with Crippen LogP contribution in [0.1, 0.15) is 0 Å². The predicted molar refractivity (Wildman–Crippen MR) is 62.1 cm³/mol. The van der Waals surface area contributed by atoms with Crippen molar-refractivity contribution in [2.24, 2.45) is 0 Å². The quantitative estimate of drug-likeness (QED) is 0.688. The third-order valence-corrected chi connectivity index (χ3v) is 2.97. The second-order valence-electron chi connectivity index (χ2n) is 3.46. The van der Waals surface area contributed by atoms with Gasteiger partial charge >= 0.3 is 0 Å². The molecule has 0 saturated carbocycles. The third-order valence-electron chi connectivity index (χ3n) is 2.45. The van der Waals surface area contributed by atoms with Gasteiger partial charge in [0.2, 0.25) is 0 Å². The van der Waals surface area contributed by atoms with Crippen molar-refractivity contribution in [2.45, 2.75) is 0 Å². The first-order chi connectivity index (χ1) is 6.75. The van der Waals surface area contributed by atoms with Gasteiger partial charge in [-0.15, -0.1) is 0 Å². The molecule has 2 heterocycles. The van der Waals surface area contributed by atoms with Gasteiger partial charge in [-0.25, -0.2) is 4.98 Å². The zero-order valence-corrected chi connectivity index (χ0v) is 9.21. The van der Waals surface area contributed by atoms with Crippen LogP contribution in [0.5, 0.6) is 0 Å². The maximum Gasteiger partial charge on any atom is 0.123 e. The van der Waals surface area contributed by atoms with Gasteiger partial charge in [0, 0.05) is 26.2 Å². The average molecular weight is 210 g/mol. The molecule has 1 saturated heterocycles. The fraction of sp³-hybridized carbons (Fsp3) is 0.444. The molecule has 1 aliphatic heterocycles. The highest BCUT2D eigenvalue weighted by Gasteiger charge is 2.13. The number of rotatable bonds is 1. The summed E-state index contributed by atoms with van der Waals surface area (Å²) in [5.74, 6) is 0.582. The van der Waals surface area contributed by atoms with Crippen LogP contribution in [-0.4, -0.2) is 35.8 Å². The first-order valence-electron chi connectivity index (χ1n) is 4.72. The number of piperazine rings is 1. The highest BCUT2D eigenvalue weighted by Crippen LogP contribution is 2.16. The Morgan fingerprint density at radius 1 is 1.21 bits per heavy atom. The highest BCUT2D eigenvalue weighted by atomic mass is 31.0. The summed E-state index contributed by atoms with van der Waals surface area (Å²) in [4.78, 5) is 6.42. The molecule has 2 N–H and O–H groups in total. The van der Waals surface area contributed by atoms with Crippen LogP contribution in [0, 0.1) is 0 Å². The summed E-state index contributed by atoms with van der Waals surface area (Å²) < 4.78 is 2.25. The van der Waals surface area contributed by atoms with E-state index in [1.165, 1.54) is 0 Å². The van der Waals surface area contributed by atoms with Gasteiger partial charge in [0.25, 0.3) is 0 Å². The van der Waals surface area contributed by atoms with Crippen molar-refractivity contribution < 1.29 is 0 Å². The topological polar surface area (TPSA) is 45.4 Å². The summed E-state index contributed by atoms with van der Waals surface area (Å²) in [6, 6.07) is 3.88. The second kappa shape index (κ2) is 4.11. The normalized spacial score (nSPS) is 18.5. The zero-order valence-electron chi connectivity index (χ0n) is 8.06. The lowest BCUT2D eigenvalue weighted by molar-refractivity contribution is 0.428. The third kappa shape index (κ3) is 2.14. The minimum atomic E-state index is 0.582. The lowest BCUT2D eigenvalue weighted by Gasteiger charge is -2.33. The van der Waals surface area contributed by atoms with E-state index in [2.05, 4.69) is 23.9 Å². The van der Waals surface area contributed by atoms with E-state index in [4.69, 9.17) is 5.73 Å². The van der Waals surface area contributed by atoms with Crippen LogP contribution in [0.25, 0.3) is 0 Å². The maximum atomic E-state index is 5.54. The van der Waals surface area contributed by atoms with E-state index in [1.54, 1.807) is 0 Å². The first kappa shape index (κ1) is 9.69. The number of nitrogens with two attached hydrogens (primary N) is 1. The molecule has 0 amide bonds. The maximum absolute atomic E-state index is 5.54. The standard InChI is InChI=1S/C9H15N4P/c10-9-2-1-8(7-11-9)12-3-5-13(14)6-4-12/h1-2,7H,3-6,14H2,(H2,10,11). The van der Waals surface area contributed by atoms with Crippen molar-refractivity contribution in [1.29, 1.82) is 0 Å². The van der Waals surface area contributed by atoms with Gasteiger partial charge in [0.1, 0.15) is 5.82 Å². The van der Waals surface area contributed by atoms with Crippen LogP contribution in [0.3, 0.4) is 0 Å². The largest absolute Gasteiger partial charge is 0.384 e. The molecule has 1 aromatic rings. The van der Waals surface area contributed by atoms with Gasteiger partial charge in [-0.2, -0.15) is 0 Å². The van der Waals surface area contributed by atoms with Crippen molar-refractivity contribution in [3.05, 3.63) is 18.3 Å². The van der Waals surface area contributed by atoms with Gasteiger partial charge in [-0.3, -0.25) is 4.67 Å². The molecule has 14 heavy (non-hydrogen) atoms. The minimum Gasteiger partial charge on any atom is -0.384 e. The average Bonchev–Trinajstić information content (AvgIpc) is 2.21. The van der Waals surface area contributed by atoms with Crippen LogP contribution in [-0.2, 0) is 0 Å². The van der Waals surface area contributed by atoms with E-state index >= 15 is 0 Å². The number of hydrogen-bond donors (Lipinski definition) is 1. The molecule has 0 bridgehead atoms. The van der Waals surface area contributed by atoms with Gasteiger partial charge in [0.05, 0.1) is 11.9 Å². The molecular formula is C9H15N4P. The molecule has 1 unspecified atom stereocenters. The molecule has 0 aliphatic carbocycles. The summed E-state index contributed by atoms with van der Waals surface area (Å²) in [7, 11) is 2.74. The van der Waals surface area contributed by atoms with E-state index < -0.39 is 0 Å². The molecule has 5 heteroatoms. The summed E-state index contributed by atoms with van der Waals surface area (Å²) in [5.41, 5.74) is 6.70. The van der Waals surface area contributed by atoms with Crippen LogP contribution in [0.2, 0.25) is 0 Å². The number of pyridine rings is 1. The highest BCUT2D eigenvalue weighted by molar-refractivity contribution is 7.13. The minimum absolute atomic E-state index is 0.582. The van der Waals surface area contributed by atoms with Crippen LogP contribution in [0.15, 0.2) is 18.3 Å². The number of nitrogen functional groups attached to an aromatic ring is 1. The van der Waals surface area contributed by atoms with Crippen molar-refractivity contribution in [2.75, 3.05) is 36.8 Å². The smallest absolute Gasteiger partial charge is 0.123 e. The van der Waals surface area contributed by atoms with Crippen LogP contribution in [0.4, 0.5) is 11.5 Å². The zero-order chi connectivity index (χ0) is 9.97. The molecule has 1 fully saturated rings. The summed E-state index contributed by atoms with van der Waals surface area (Å²) in [6.45, 7) is 4.26. The Morgan fingerprint density at radius 3 is 2.50 bits per heavy atom. The monoisotopic (exact) mass is 210 g/mol. The first-order valence-corrected chi connectivity index (χ1v) is 5.23. The summed E-state index contributed by atoms with van der Waals surface area (Å²) in [6.07, 6.45) is 1.84. The van der Waals surface area contributed by atoms with Crippen molar-refractivity contribution in [3.8, 4) is 0 Å². The Labute approximate surface area is 86.4 Å². The SMILES string of the molecule is Nc1ccc(N2CCN(P)CC2)cn1. The molecule has 1 atom stereocenters. The number of aromatic nitrogens is 1. The molecule has 2 rings (SSSR count). The number of nitrogens with zero attached hydrogens (tertiary/aromatic N) is 3. The molecule has 1 aliphatic rings. The van der Waals surface area contributed by atoms with Crippen LogP contribution >= 0.6 is 9.39 Å². The van der Waals surface area contributed by atoms with Crippen molar-refractivity contribution in [3.63, 3.8) is 0 Å². The Balaban J connectivity index is 2.05. The molecule has 1 aromatic heterocycles. The molecule has 0 radical (unpaired) electrons. The fourth-order valence-corrected chi connectivity index (χ4v) is 1.80. The molecule has 76 valence electrons. The van der Waals surface area contributed by atoms with E-state index in [-0.39, 0.29) is 0 Å². The van der Waals surface area contributed by atoms with E-state index in [9.17, 15) is 0 Å². The van der Waals surface area contributed by atoms with E-state index in [1.807, 2.05) is 18.3 Å². The van der Waals surface area contributed by atoms with Gasteiger partial charge in [0.15, 0.2) is 0 Å². The lowest BCUT2D eigenvalue weighted by Crippen LogP contribution is -2.42. The van der Waals surface area contributed by atoms with Gasteiger partial charge in [-0.1, -0.05) is 9.39 Å². The van der Waals surface area contributed by atoms with Gasteiger partial charge in [-0.05, 0) is 12.1 Å². The molecule has 0 aromatic carbocycles. The summed E-state index contributed by atoms with van der Waals surface area (Å²) in [5, 5.41) is 0. The Hall–Kier alpha value is -0.860. The van der Waals surface area contributed by atoms with E-state index in [0.717, 1.165) is 31.9 Å². The second-order valence-corrected chi connectivity index (χ2v) is 4.19. The fourth-order valence-electron chi connectivity index (χ4n) is 1.56. The van der Waals surface area contributed by atoms with Crippen molar-refractivity contribution >= 4 is 20.9 Å². The Bertz CT molecular complexity index is 292. The summed E-state index contributed by atoms with van der Waals surface area (Å²) >= 11 is 0. The number of anilines is 2. The number of hydrogen-bond acceptors (Lipinski definition) is 4. The molecule has 4 nitrogen and oxygen atoms in total. The predicted octanol–water partition coefficient (Wildman–Crippen LogP) is 0.576. The lowest BCUT2D eigenvalue weighted by atomic mass is 10.3. The van der Waals surface area contributed by atoms with E-state index in [0.29, 0.717) is 5.82 Å². The van der Waals surface area contributed by atoms with Crippen molar-refractivity contribution in [1.82, 2.24) is 9.65 Å².